The first-order chi connectivity index (χ1) is 8.38. The number of aromatic nitrogens is 5. The van der Waals surface area contributed by atoms with Gasteiger partial charge < -0.3 is 10.7 Å². The standard InChI is InChI=1S/C11H12N6/c12-5-3-11-15-14-10-2-1-9(16-17(10)11)8-4-6-13-7-8/h1-2,4,6-7,13H,3,5,12H2. The van der Waals surface area contributed by atoms with Crippen LogP contribution in [-0.2, 0) is 6.42 Å². The second-order valence-electron chi connectivity index (χ2n) is 3.74. The van der Waals surface area contributed by atoms with Crippen molar-refractivity contribution in [2.45, 2.75) is 6.42 Å². The maximum absolute atomic E-state index is 5.53. The van der Waals surface area contributed by atoms with E-state index in [0.29, 0.717) is 13.0 Å². The molecule has 0 atom stereocenters. The third-order valence-electron chi connectivity index (χ3n) is 2.59. The molecule has 17 heavy (non-hydrogen) atoms. The molecule has 0 amide bonds. The molecule has 86 valence electrons. The zero-order valence-corrected chi connectivity index (χ0v) is 9.17. The van der Waals surface area contributed by atoms with Crippen LogP contribution in [0, 0.1) is 0 Å². The third-order valence-corrected chi connectivity index (χ3v) is 2.59. The molecule has 0 saturated carbocycles. The molecule has 0 radical (unpaired) electrons. The van der Waals surface area contributed by atoms with Crippen LogP contribution in [0.15, 0.2) is 30.6 Å². The fraction of sp³-hybridized carbons (Fsp3) is 0.182. The fourth-order valence-corrected chi connectivity index (χ4v) is 1.76. The topological polar surface area (TPSA) is 84.9 Å². The van der Waals surface area contributed by atoms with Gasteiger partial charge >= 0.3 is 0 Å². The summed E-state index contributed by atoms with van der Waals surface area (Å²) < 4.78 is 1.75. The van der Waals surface area contributed by atoms with Crippen molar-refractivity contribution in [3.63, 3.8) is 0 Å². The first-order valence-corrected chi connectivity index (χ1v) is 5.43. The molecular weight excluding hydrogens is 216 g/mol. The van der Waals surface area contributed by atoms with Gasteiger partial charge in [-0.15, -0.1) is 10.2 Å². The van der Waals surface area contributed by atoms with Gasteiger partial charge in [0.1, 0.15) is 0 Å². The van der Waals surface area contributed by atoms with Gasteiger partial charge in [0.25, 0.3) is 0 Å². The molecule has 0 aliphatic carbocycles. The molecular formula is C11H12N6. The molecule has 3 heterocycles. The number of hydrogen-bond acceptors (Lipinski definition) is 4. The molecule has 3 rings (SSSR count). The molecule has 0 spiro atoms. The summed E-state index contributed by atoms with van der Waals surface area (Å²) in [7, 11) is 0. The van der Waals surface area contributed by atoms with E-state index in [9.17, 15) is 0 Å². The Kier molecular flexibility index (Phi) is 2.34. The van der Waals surface area contributed by atoms with Gasteiger partial charge in [0.15, 0.2) is 11.5 Å². The Bertz CT molecular complexity index is 625. The van der Waals surface area contributed by atoms with Crippen LogP contribution in [0.3, 0.4) is 0 Å². The molecule has 6 heteroatoms. The number of rotatable bonds is 3. The van der Waals surface area contributed by atoms with E-state index in [1.807, 2.05) is 30.6 Å². The number of aromatic amines is 1. The maximum Gasteiger partial charge on any atom is 0.177 e. The number of nitrogens with one attached hydrogen (secondary N) is 1. The Hall–Kier alpha value is -2.21. The van der Waals surface area contributed by atoms with E-state index >= 15 is 0 Å². The lowest BCUT2D eigenvalue weighted by atomic mass is 10.2. The van der Waals surface area contributed by atoms with E-state index in [0.717, 1.165) is 22.7 Å². The minimum Gasteiger partial charge on any atom is -0.367 e. The first-order valence-electron chi connectivity index (χ1n) is 5.43. The molecule has 0 bridgehead atoms. The summed E-state index contributed by atoms with van der Waals surface area (Å²) in [6.45, 7) is 0.539. The Morgan fingerprint density at radius 1 is 1.24 bits per heavy atom. The maximum atomic E-state index is 5.53. The highest BCUT2D eigenvalue weighted by Gasteiger charge is 2.07. The van der Waals surface area contributed by atoms with Gasteiger partial charge in [-0.1, -0.05) is 0 Å². The highest BCUT2D eigenvalue weighted by molar-refractivity contribution is 5.59. The Balaban J connectivity index is 2.13. The van der Waals surface area contributed by atoms with Gasteiger partial charge in [-0.05, 0) is 24.7 Å². The minimum atomic E-state index is 0.539. The van der Waals surface area contributed by atoms with E-state index in [1.54, 1.807) is 4.52 Å². The molecule has 3 N–H and O–H groups in total. The monoisotopic (exact) mass is 228 g/mol. The van der Waals surface area contributed by atoms with Crippen molar-refractivity contribution >= 4 is 5.65 Å². The summed E-state index contributed by atoms with van der Waals surface area (Å²) in [5.41, 5.74) is 8.20. The van der Waals surface area contributed by atoms with Gasteiger partial charge in [-0.3, -0.25) is 0 Å². The third kappa shape index (κ3) is 1.68. The largest absolute Gasteiger partial charge is 0.367 e. The number of nitrogens with zero attached hydrogens (tertiary/aromatic N) is 4. The number of hydrogen-bond donors (Lipinski definition) is 2. The molecule has 3 aromatic rings. The summed E-state index contributed by atoms with van der Waals surface area (Å²) in [6.07, 6.45) is 4.44. The zero-order chi connectivity index (χ0) is 11.7. The van der Waals surface area contributed by atoms with Crippen molar-refractivity contribution < 1.29 is 0 Å². The average Bonchev–Trinajstić information content (AvgIpc) is 2.98. The summed E-state index contributed by atoms with van der Waals surface area (Å²) in [5, 5.41) is 12.6. The molecule has 6 nitrogen and oxygen atoms in total. The van der Waals surface area contributed by atoms with Crippen molar-refractivity contribution in [1.29, 1.82) is 0 Å². The quantitative estimate of drug-likeness (QED) is 0.688. The molecule has 0 fully saturated rings. The highest BCUT2D eigenvalue weighted by Crippen LogP contribution is 2.16. The molecule has 0 saturated heterocycles. The van der Waals surface area contributed by atoms with Crippen LogP contribution in [0.5, 0.6) is 0 Å². The Morgan fingerprint density at radius 2 is 2.18 bits per heavy atom. The Labute approximate surface area is 97.5 Å². The summed E-state index contributed by atoms with van der Waals surface area (Å²) in [4.78, 5) is 3.01. The first kappa shape index (κ1) is 9.98. The molecule has 0 aromatic carbocycles. The van der Waals surface area contributed by atoms with Gasteiger partial charge in [-0.2, -0.15) is 9.61 Å². The number of H-pyrrole nitrogens is 1. The van der Waals surface area contributed by atoms with Crippen LogP contribution in [0.25, 0.3) is 16.9 Å². The zero-order valence-electron chi connectivity index (χ0n) is 9.17. The Morgan fingerprint density at radius 3 is 2.94 bits per heavy atom. The van der Waals surface area contributed by atoms with E-state index in [4.69, 9.17) is 5.73 Å². The van der Waals surface area contributed by atoms with Crippen molar-refractivity contribution in [2.24, 2.45) is 5.73 Å². The lowest BCUT2D eigenvalue weighted by Gasteiger charge is -2.00. The van der Waals surface area contributed by atoms with Crippen molar-refractivity contribution in [2.75, 3.05) is 6.54 Å². The van der Waals surface area contributed by atoms with Gasteiger partial charge in [0, 0.05) is 24.4 Å². The number of fused-ring (bicyclic) bond motifs is 1. The molecule has 0 unspecified atom stereocenters. The van der Waals surface area contributed by atoms with E-state index in [-0.39, 0.29) is 0 Å². The minimum absolute atomic E-state index is 0.539. The van der Waals surface area contributed by atoms with Crippen LogP contribution in [0.1, 0.15) is 5.82 Å². The molecule has 3 aromatic heterocycles. The van der Waals surface area contributed by atoms with Gasteiger partial charge in [0.2, 0.25) is 0 Å². The predicted octanol–water partition coefficient (Wildman–Crippen LogP) is 0.621. The van der Waals surface area contributed by atoms with Crippen LogP contribution < -0.4 is 5.73 Å². The van der Waals surface area contributed by atoms with Crippen molar-refractivity contribution in [1.82, 2.24) is 24.8 Å². The smallest absolute Gasteiger partial charge is 0.177 e. The average molecular weight is 228 g/mol. The SMILES string of the molecule is NCCc1nnc2ccc(-c3cc[nH]c3)nn12. The van der Waals surface area contributed by atoms with Gasteiger partial charge in [0.05, 0.1) is 5.69 Å². The van der Waals surface area contributed by atoms with Crippen LogP contribution in [0.4, 0.5) is 0 Å². The van der Waals surface area contributed by atoms with Crippen molar-refractivity contribution in [3.05, 3.63) is 36.4 Å². The molecule has 0 aliphatic rings. The van der Waals surface area contributed by atoms with E-state index in [1.165, 1.54) is 0 Å². The van der Waals surface area contributed by atoms with E-state index < -0.39 is 0 Å². The molecule has 0 aliphatic heterocycles. The highest BCUT2D eigenvalue weighted by atomic mass is 15.4. The van der Waals surface area contributed by atoms with E-state index in [2.05, 4.69) is 20.3 Å². The summed E-state index contributed by atoms with van der Waals surface area (Å²) >= 11 is 0. The lowest BCUT2D eigenvalue weighted by Crippen LogP contribution is -2.08. The second-order valence-corrected chi connectivity index (χ2v) is 3.74. The lowest BCUT2D eigenvalue weighted by molar-refractivity contribution is 0.793. The summed E-state index contributed by atoms with van der Waals surface area (Å²) in [6, 6.07) is 5.81. The van der Waals surface area contributed by atoms with Crippen LogP contribution >= 0.6 is 0 Å². The predicted molar refractivity (Wildman–Crippen MR) is 63.3 cm³/mol. The van der Waals surface area contributed by atoms with Crippen LogP contribution in [-0.4, -0.2) is 31.3 Å². The normalized spacial score (nSPS) is 11.1. The van der Waals surface area contributed by atoms with Crippen LogP contribution in [0.2, 0.25) is 0 Å². The van der Waals surface area contributed by atoms with Crippen molar-refractivity contribution in [3.8, 4) is 11.3 Å². The summed E-state index contributed by atoms with van der Waals surface area (Å²) in [5.74, 6) is 0.792. The number of nitrogens with two attached hydrogens (primary N) is 1. The van der Waals surface area contributed by atoms with Gasteiger partial charge in [-0.25, -0.2) is 0 Å². The fourth-order valence-electron chi connectivity index (χ4n) is 1.76. The second kappa shape index (κ2) is 3.99.